The highest BCUT2D eigenvalue weighted by Crippen LogP contribution is 2.26. The van der Waals surface area contributed by atoms with Crippen molar-refractivity contribution in [3.8, 4) is 0 Å². The molecule has 1 unspecified atom stereocenters. The van der Waals surface area contributed by atoms with E-state index in [2.05, 4.69) is 4.98 Å². The number of nitrogens with two attached hydrogens (primary N) is 1. The molecule has 0 aliphatic carbocycles. The number of rotatable bonds is 3. The molecule has 0 amide bonds. The monoisotopic (exact) mass is 208 g/mol. The molecule has 0 bridgehead atoms. The van der Waals surface area contributed by atoms with Crippen molar-refractivity contribution in [3.63, 3.8) is 0 Å². The quantitative estimate of drug-likeness (QED) is 0.718. The second-order valence-corrected chi connectivity index (χ2v) is 3.53. The Hall–Kier alpha value is -1.39. The highest BCUT2D eigenvalue weighted by atomic mass is 19.1. The minimum Gasteiger partial charge on any atom is -0.388 e. The number of hydrogen-bond donors (Lipinski definition) is 3. The van der Waals surface area contributed by atoms with E-state index >= 15 is 0 Å². The van der Waals surface area contributed by atoms with Crippen LogP contribution in [0.3, 0.4) is 0 Å². The average molecular weight is 208 g/mol. The van der Waals surface area contributed by atoms with Gasteiger partial charge in [-0.25, -0.2) is 4.39 Å². The van der Waals surface area contributed by atoms with Crippen LogP contribution in [0.5, 0.6) is 0 Å². The van der Waals surface area contributed by atoms with E-state index in [4.69, 9.17) is 5.73 Å². The lowest BCUT2D eigenvalue weighted by molar-refractivity contribution is 0.172. The molecule has 2 rings (SSSR count). The van der Waals surface area contributed by atoms with E-state index in [-0.39, 0.29) is 5.82 Å². The van der Waals surface area contributed by atoms with Gasteiger partial charge in [0.25, 0.3) is 0 Å². The number of aromatic amines is 1. The summed E-state index contributed by atoms with van der Waals surface area (Å²) < 4.78 is 12.9. The van der Waals surface area contributed by atoms with Crippen molar-refractivity contribution in [1.29, 1.82) is 0 Å². The fourth-order valence-electron chi connectivity index (χ4n) is 1.71. The second kappa shape index (κ2) is 4.00. The van der Waals surface area contributed by atoms with Gasteiger partial charge < -0.3 is 15.8 Å². The van der Waals surface area contributed by atoms with Crippen LogP contribution >= 0.6 is 0 Å². The van der Waals surface area contributed by atoms with Gasteiger partial charge in [-0.15, -0.1) is 0 Å². The zero-order valence-corrected chi connectivity index (χ0v) is 8.20. The Morgan fingerprint density at radius 3 is 3.00 bits per heavy atom. The molecule has 0 saturated carbocycles. The van der Waals surface area contributed by atoms with Gasteiger partial charge in [0.05, 0.1) is 6.10 Å². The van der Waals surface area contributed by atoms with Crippen LogP contribution in [0.1, 0.15) is 18.1 Å². The van der Waals surface area contributed by atoms with Gasteiger partial charge in [-0.1, -0.05) is 0 Å². The summed E-state index contributed by atoms with van der Waals surface area (Å²) in [7, 11) is 0. The lowest BCUT2D eigenvalue weighted by atomic mass is 10.1. The Bertz CT molecular complexity index is 467. The van der Waals surface area contributed by atoms with Crippen molar-refractivity contribution in [3.05, 3.63) is 35.8 Å². The molecule has 4 heteroatoms. The summed E-state index contributed by atoms with van der Waals surface area (Å²) >= 11 is 0. The molecule has 3 nitrogen and oxygen atoms in total. The lowest BCUT2D eigenvalue weighted by Crippen LogP contribution is -2.06. The highest BCUT2D eigenvalue weighted by Gasteiger charge is 2.12. The van der Waals surface area contributed by atoms with Crippen molar-refractivity contribution < 1.29 is 9.50 Å². The number of hydrogen-bond acceptors (Lipinski definition) is 2. The molecule has 0 spiro atoms. The summed E-state index contributed by atoms with van der Waals surface area (Å²) in [6.45, 7) is 0.426. The maximum atomic E-state index is 12.9. The maximum Gasteiger partial charge on any atom is 0.125 e. The van der Waals surface area contributed by atoms with Crippen LogP contribution in [-0.4, -0.2) is 16.6 Å². The number of aliphatic hydroxyl groups excluding tert-OH is 1. The van der Waals surface area contributed by atoms with Crippen LogP contribution < -0.4 is 5.73 Å². The summed E-state index contributed by atoms with van der Waals surface area (Å²) in [6.07, 6.45) is 1.61. The molecule has 4 N–H and O–H groups in total. The normalized spacial score (nSPS) is 13.3. The lowest BCUT2D eigenvalue weighted by Gasteiger charge is -2.07. The Labute approximate surface area is 86.7 Å². The molecule has 2 aromatic rings. The van der Waals surface area contributed by atoms with Crippen molar-refractivity contribution in [2.45, 2.75) is 12.5 Å². The third kappa shape index (κ3) is 1.86. The van der Waals surface area contributed by atoms with Gasteiger partial charge in [-0.05, 0) is 31.2 Å². The number of halogens is 1. The number of aromatic nitrogens is 1. The molecule has 1 aromatic carbocycles. The predicted octanol–water partition coefficient (Wildman–Crippen LogP) is 1.69. The molecule has 1 atom stereocenters. The van der Waals surface area contributed by atoms with Crippen LogP contribution in [-0.2, 0) is 0 Å². The van der Waals surface area contributed by atoms with Crippen LogP contribution in [0.2, 0.25) is 0 Å². The molecular weight excluding hydrogens is 195 g/mol. The number of aliphatic hydroxyl groups is 1. The predicted molar refractivity (Wildman–Crippen MR) is 56.9 cm³/mol. The topological polar surface area (TPSA) is 62.0 Å². The summed E-state index contributed by atoms with van der Waals surface area (Å²) in [4.78, 5) is 2.93. The largest absolute Gasteiger partial charge is 0.388 e. The van der Waals surface area contributed by atoms with E-state index in [1.807, 2.05) is 0 Å². The zero-order chi connectivity index (χ0) is 10.8. The first-order valence-electron chi connectivity index (χ1n) is 4.87. The van der Waals surface area contributed by atoms with E-state index in [0.717, 1.165) is 10.9 Å². The first-order chi connectivity index (χ1) is 7.22. The van der Waals surface area contributed by atoms with Gasteiger partial charge in [0.2, 0.25) is 0 Å². The Balaban J connectivity index is 2.44. The van der Waals surface area contributed by atoms with Crippen molar-refractivity contribution >= 4 is 10.9 Å². The Morgan fingerprint density at radius 2 is 2.27 bits per heavy atom. The Morgan fingerprint density at radius 1 is 1.47 bits per heavy atom. The minimum atomic E-state index is -0.589. The van der Waals surface area contributed by atoms with E-state index in [9.17, 15) is 9.50 Å². The highest BCUT2D eigenvalue weighted by molar-refractivity contribution is 5.83. The number of nitrogens with one attached hydrogen (secondary N) is 1. The summed E-state index contributed by atoms with van der Waals surface area (Å²) in [5.41, 5.74) is 6.84. The molecule has 1 aromatic heterocycles. The summed E-state index contributed by atoms with van der Waals surface area (Å²) in [5.74, 6) is -0.288. The van der Waals surface area contributed by atoms with Crippen molar-refractivity contribution in [1.82, 2.24) is 4.98 Å². The molecule has 15 heavy (non-hydrogen) atoms. The second-order valence-electron chi connectivity index (χ2n) is 3.53. The fraction of sp³-hybridized carbons (Fsp3) is 0.273. The van der Waals surface area contributed by atoms with Gasteiger partial charge in [-0.3, -0.25) is 0 Å². The van der Waals surface area contributed by atoms with Gasteiger partial charge in [0, 0.05) is 22.7 Å². The van der Waals surface area contributed by atoms with E-state index in [1.54, 1.807) is 12.3 Å². The molecule has 0 radical (unpaired) electrons. The number of fused-ring (bicyclic) bond motifs is 1. The van der Waals surface area contributed by atoms with Crippen molar-refractivity contribution in [2.24, 2.45) is 5.73 Å². The van der Waals surface area contributed by atoms with Gasteiger partial charge in [0.15, 0.2) is 0 Å². The van der Waals surface area contributed by atoms with Crippen LogP contribution in [0.25, 0.3) is 10.9 Å². The van der Waals surface area contributed by atoms with Crippen LogP contribution in [0, 0.1) is 5.82 Å². The molecule has 0 aliphatic heterocycles. The fourth-order valence-corrected chi connectivity index (χ4v) is 1.71. The van der Waals surface area contributed by atoms with Gasteiger partial charge >= 0.3 is 0 Å². The zero-order valence-electron chi connectivity index (χ0n) is 8.20. The summed E-state index contributed by atoms with van der Waals surface area (Å²) in [6, 6.07) is 4.46. The van der Waals surface area contributed by atoms with Gasteiger partial charge in [-0.2, -0.15) is 0 Å². The van der Waals surface area contributed by atoms with Crippen LogP contribution in [0.4, 0.5) is 4.39 Å². The molecule has 1 heterocycles. The molecule has 0 saturated heterocycles. The van der Waals surface area contributed by atoms with Gasteiger partial charge in [0.1, 0.15) is 5.82 Å². The summed E-state index contributed by atoms with van der Waals surface area (Å²) in [5, 5.41) is 10.6. The molecule has 80 valence electrons. The molecule has 0 fully saturated rings. The van der Waals surface area contributed by atoms with E-state index in [0.29, 0.717) is 18.5 Å². The Kier molecular flexibility index (Phi) is 2.70. The molecular formula is C11H13FN2O. The minimum absolute atomic E-state index is 0.288. The van der Waals surface area contributed by atoms with E-state index < -0.39 is 6.10 Å². The standard InChI is InChI=1S/C11H13FN2O/c12-7-1-2-8-9(11(15)3-4-13)6-14-10(8)5-7/h1-2,5-6,11,14-15H,3-4,13H2. The van der Waals surface area contributed by atoms with Crippen molar-refractivity contribution in [2.75, 3.05) is 6.54 Å². The maximum absolute atomic E-state index is 12.9. The third-order valence-electron chi connectivity index (χ3n) is 2.47. The molecule has 0 aliphatic rings. The SMILES string of the molecule is NCCC(O)c1c[nH]c2cc(F)ccc12. The third-order valence-corrected chi connectivity index (χ3v) is 2.47. The number of benzene rings is 1. The number of H-pyrrole nitrogens is 1. The first-order valence-corrected chi connectivity index (χ1v) is 4.87. The smallest absolute Gasteiger partial charge is 0.125 e. The first kappa shape index (κ1) is 10.1. The average Bonchev–Trinajstić information content (AvgIpc) is 2.60. The van der Waals surface area contributed by atoms with Crippen LogP contribution in [0.15, 0.2) is 24.4 Å². The van der Waals surface area contributed by atoms with E-state index in [1.165, 1.54) is 12.1 Å².